The van der Waals surface area contributed by atoms with Gasteiger partial charge in [0.2, 0.25) is 5.91 Å². The van der Waals surface area contributed by atoms with Gasteiger partial charge in [-0.1, -0.05) is 25.1 Å². The lowest BCUT2D eigenvalue weighted by Gasteiger charge is -2.20. The summed E-state index contributed by atoms with van der Waals surface area (Å²) in [6, 6.07) is 9.75. The monoisotopic (exact) mass is 274 g/mol. The normalized spacial score (nSPS) is 10.7. The Morgan fingerprint density at radius 3 is 2.70 bits per heavy atom. The molecule has 0 radical (unpaired) electrons. The van der Waals surface area contributed by atoms with Crippen LogP contribution in [0.4, 0.5) is 0 Å². The summed E-state index contributed by atoms with van der Waals surface area (Å²) in [6.45, 7) is 2.31. The minimum atomic E-state index is -0.982. The summed E-state index contributed by atoms with van der Waals surface area (Å²) in [6.07, 6.45) is 2.60. The molecular weight excluding hydrogens is 256 g/mol. The second kappa shape index (κ2) is 6.23. The number of aliphatic carboxylic acids is 1. The number of para-hydroxylation sites is 1. The van der Waals surface area contributed by atoms with Gasteiger partial charge in [-0.25, -0.2) is 0 Å². The van der Waals surface area contributed by atoms with Crippen molar-refractivity contribution in [2.24, 2.45) is 0 Å². The molecule has 0 saturated heterocycles. The molecule has 1 aromatic heterocycles. The largest absolute Gasteiger partial charge is 0.480 e. The lowest BCUT2D eigenvalue weighted by Crippen LogP contribution is -2.38. The van der Waals surface area contributed by atoms with E-state index in [1.54, 1.807) is 0 Å². The van der Waals surface area contributed by atoms with Gasteiger partial charge in [0.15, 0.2) is 0 Å². The number of rotatable bonds is 6. The number of carboxylic acids is 1. The fourth-order valence-electron chi connectivity index (χ4n) is 2.25. The Morgan fingerprint density at radius 1 is 1.25 bits per heavy atom. The molecule has 20 heavy (non-hydrogen) atoms. The second-order valence-electron chi connectivity index (χ2n) is 4.71. The van der Waals surface area contributed by atoms with E-state index in [-0.39, 0.29) is 19.0 Å². The van der Waals surface area contributed by atoms with Crippen molar-refractivity contribution < 1.29 is 14.7 Å². The zero-order valence-corrected chi connectivity index (χ0v) is 11.5. The minimum absolute atomic E-state index is 0.167. The highest BCUT2D eigenvalue weighted by molar-refractivity contribution is 5.85. The Balaban J connectivity index is 2.14. The molecule has 0 aliphatic carbocycles. The van der Waals surface area contributed by atoms with Gasteiger partial charge in [0, 0.05) is 18.3 Å². The molecule has 1 N–H and O–H groups in total. The summed E-state index contributed by atoms with van der Waals surface area (Å²) >= 11 is 0. The molecule has 5 heteroatoms. The van der Waals surface area contributed by atoms with Gasteiger partial charge in [-0.15, -0.1) is 0 Å². The molecular formula is C15H18N2O3. The summed E-state index contributed by atoms with van der Waals surface area (Å²) in [7, 11) is 0. The molecule has 1 aromatic carbocycles. The summed E-state index contributed by atoms with van der Waals surface area (Å²) < 4.78 is 1.85. The van der Waals surface area contributed by atoms with Crippen molar-refractivity contribution in [3.63, 3.8) is 0 Å². The third-order valence-electron chi connectivity index (χ3n) is 3.16. The lowest BCUT2D eigenvalue weighted by molar-refractivity contribution is -0.144. The molecule has 0 bridgehead atoms. The third kappa shape index (κ3) is 3.17. The maximum absolute atomic E-state index is 12.2. The number of aromatic nitrogens is 1. The molecule has 0 unspecified atom stereocenters. The van der Waals surface area contributed by atoms with Crippen molar-refractivity contribution in [3.8, 4) is 0 Å². The van der Waals surface area contributed by atoms with E-state index < -0.39 is 5.97 Å². The van der Waals surface area contributed by atoms with Crippen LogP contribution in [0.2, 0.25) is 0 Å². The van der Waals surface area contributed by atoms with Crippen molar-refractivity contribution in [1.82, 2.24) is 9.47 Å². The average Bonchev–Trinajstić information content (AvgIpc) is 2.81. The fraction of sp³-hybridized carbons (Fsp3) is 0.333. The highest BCUT2D eigenvalue weighted by Crippen LogP contribution is 2.15. The van der Waals surface area contributed by atoms with Crippen molar-refractivity contribution in [1.29, 1.82) is 0 Å². The topological polar surface area (TPSA) is 62.5 Å². The Labute approximate surface area is 117 Å². The number of amides is 1. The van der Waals surface area contributed by atoms with E-state index >= 15 is 0 Å². The molecule has 2 aromatic rings. The maximum atomic E-state index is 12.2. The van der Waals surface area contributed by atoms with E-state index in [9.17, 15) is 9.59 Å². The third-order valence-corrected chi connectivity index (χ3v) is 3.16. The number of hydrogen-bond donors (Lipinski definition) is 1. The molecule has 5 nitrogen and oxygen atoms in total. The number of carboxylic acid groups (broad SMARTS) is 1. The molecule has 2 rings (SSSR count). The fourth-order valence-corrected chi connectivity index (χ4v) is 2.25. The minimum Gasteiger partial charge on any atom is -0.480 e. The van der Waals surface area contributed by atoms with E-state index in [0.29, 0.717) is 6.54 Å². The molecule has 0 spiro atoms. The van der Waals surface area contributed by atoms with Crippen LogP contribution in [-0.2, 0) is 16.1 Å². The van der Waals surface area contributed by atoms with Gasteiger partial charge in [0.05, 0.1) is 0 Å². The number of nitrogens with zero attached hydrogens (tertiary/aromatic N) is 2. The van der Waals surface area contributed by atoms with E-state index in [1.807, 2.05) is 48.0 Å². The molecule has 0 aliphatic rings. The van der Waals surface area contributed by atoms with E-state index in [0.717, 1.165) is 17.3 Å². The predicted molar refractivity (Wildman–Crippen MR) is 76.4 cm³/mol. The highest BCUT2D eigenvalue weighted by atomic mass is 16.4. The van der Waals surface area contributed by atoms with Crippen LogP contribution in [-0.4, -0.2) is 39.5 Å². The molecule has 106 valence electrons. The molecule has 0 fully saturated rings. The molecule has 1 heterocycles. The highest BCUT2D eigenvalue weighted by Gasteiger charge is 2.16. The molecule has 0 aliphatic heterocycles. The van der Waals surface area contributed by atoms with E-state index in [2.05, 4.69) is 0 Å². The first-order valence-electron chi connectivity index (χ1n) is 6.65. The number of fused-ring (bicyclic) bond motifs is 1. The number of hydrogen-bond acceptors (Lipinski definition) is 2. The van der Waals surface area contributed by atoms with Crippen molar-refractivity contribution in [3.05, 3.63) is 36.5 Å². The van der Waals surface area contributed by atoms with Crippen LogP contribution in [0.15, 0.2) is 36.5 Å². The first-order chi connectivity index (χ1) is 9.61. The lowest BCUT2D eigenvalue weighted by atomic mass is 10.2. The van der Waals surface area contributed by atoms with Gasteiger partial charge in [-0.2, -0.15) is 0 Å². The first-order valence-corrected chi connectivity index (χ1v) is 6.65. The van der Waals surface area contributed by atoms with Crippen molar-refractivity contribution in [2.45, 2.75) is 19.9 Å². The standard InChI is InChI=1S/C15H18N2O3/c1-2-8-17(11-15(19)20)14(18)10-16-9-7-12-5-3-4-6-13(12)16/h3-7,9H,2,8,10-11H2,1H3,(H,19,20). The Hall–Kier alpha value is -2.30. The van der Waals surface area contributed by atoms with E-state index in [1.165, 1.54) is 4.90 Å². The van der Waals surface area contributed by atoms with Crippen LogP contribution in [0.25, 0.3) is 10.9 Å². The average molecular weight is 274 g/mol. The Bertz CT molecular complexity index is 618. The van der Waals surface area contributed by atoms with Gasteiger partial charge < -0.3 is 14.6 Å². The summed E-state index contributed by atoms with van der Waals surface area (Å²) in [4.78, 5) is 24.4. The summed E-state index contributed by atoms with van der Waals surface area (Å²) in [5, 5.41) is 9.93. The molecule has 1 amide bonds. The Morgan fingerprint density at radius 2 is 2.00 bits per heavy atom. The number of carbonyl (C=O) groups is 2. The second-order valence-corrected chi connectivity index (χ2v) is 4.71. The molecule has 0 atom stereocenters. The SMILES string of the molecule is CCCN(CC(=O)O)C(=O)Cn1ccc2ccccc21. The van der Waals surface area contributed by atoms with Crippen LogP contribution in [0.5, 0.6) is 0 Å². The van der Waals surface area contributed by atoms with Crippen LogP contribution in [0.1, 0.15) is 13.3 Å². The number of carbonyl (C=O) groups excluding carboxylic acids is 1. The summed E-state index contributed by atoms with van der Waals surface area (Å²) in [5.41, 5.74) is 0.979. The predicted octanol–water partition coefficient (Wildman–Crippen LogP) is 1.96. The zero-order chi connectivity index (χ0) is 14.5. The van der Waals surface area contributed by atoms with Gasteiger partial charge in [0.25, 0.3) is 0 Å². The van der Waals surface area contributed by atoms with Crippen LogP contribution in [0, 0.1) is 0 Å². The van der Waals surface area contributed by atoms with Crippen LogP contribution >= 0.6 is 0 Å². The van der Waals surface area contributed by atoms with Crippen LogP contribution < -0.4 is 0 Å². The van der Waals surface area contributed by atoms with Gasteiger partial charge in [-0.3, -0.25) is 9.59 Å². The van der Waals surface area contributed by atoms with Crippen molar-refractivity contribution in [2.75, 3.05) is 13.1 Å². The Kier molecular flexibility index (Phi) is 4.40. The quantitative estimate of drug-likeness (QED) is 0.876. The van der Waals surface area contributed by atoms with E-state index in [4.69, 9.17) is 5.11 Å². The molecule has 0 saturated carbocycles. The van der Waals surface area contributed by atoms with Crippen LogP contribution in [0.3, 0.4) is 0 Å². The smallest absolute Gasteiger partial charge is 0.323 e. The van der Waals surface area contributed by atoms with Crippen molar-refractivity contribution >= 4 is 22.8 Å². The maximum Gasteiger partial charge on any atom is 0.323 e. The first kappa shape index (κ1) is 14.1. The van der Waals surface area contributed by atoms with Gasteiger partial charge in [-0.05, 0) is 23.9 Å². The zero-order valence-electron chi connectivity index (χ0n) is 11.5. The van der Waals surface area contributed by atoms with Gasteiger partial charge in [0.1, 0.15) is 13.1 Å². The number of benzene rings is 1. The van der Waals surface area contributed by atoms with Gasteiger partial charge >= 0.3 is 5.97 Å². The summed E-state index contributed by atoms with van der Waals surface area (Å²) in [5.74, 6) is -1.15.